The Bertz CT molecular complexity index is 695. The third-order valence-electron chi connectivity index (χ3n) is 5.02. The number of pyridine rings is 1. The number of nitrogens with one attached hydrogen (secondary N) is 1. The molecule has 1 heterocycles. The lowest BCUT2D eigenvalue weighted by atomic mass is 9.81. The zero-order valence-corrected chi connectivity index (χ0v) is 15.8. The predicted octanol–water partition coefficient (Wildman–Crippen LogP) is 4.64. The fourth-order valence-corrected chi connectivity index (χ4v) is 3.68. The molecule has 0 bridgehead atoms. The number of nitrogens with zero attached hydrogens (tertiary/aromatic N) is 1. The van der Waals surface area contributed by atoms with Gasteiger partial charge in [-0.2, -0.15) is 0 Å². The van der Waals surface area contributed by atoms with Gasteiger partial charge in [-0.25, -0.2) is 4.98 Å². The summed E-state index contributed by atoms with van der Waals surface area (Å²) in [5.74, 6) is 2.76. The van der Waals surface area contributed by atoms with E-state index in [2.05, 4.69) is 34.6 Å². The Morgan fingerprint density at radius 3 is 2.35 bits per heavy atom. The molecule has 0 saturated heterocycles. The maximum Gasteiger partial charge on any atom is 0.258 e. The van der Waals surface area contributed by atoms with Gasteiger partial charge in [0.1, 0.15) is 5.75 Å². The van der Waals surface area contributed by atoms with Crippen molar-refractivity contribution in [3.63, 3.8) is 0 Å². The number of methoxy groups -OCH3 is 2. The molecule has 0 radical (unpaired) electrons. The number of hydrogen-bond acceptors (Lipinski definition) is 5. The topological polar surface area (TPSA) is 52.6 Å². The predicted molar refractivity (Wildman–Crippen MR) is 104 cm³/mol. The minimum atomic E-state index is 0.440. The first-order valence-corrected chi connectivity index (χ1v) is 9.31. The van der Waals surface area contributed by atoms with Crippen LogP contribution < -0.4 is 19.5 Å². The van der Waals surface area contributed by atoms with E-state index in [1.54, 1.807) is 20.4 Å². The summed E-state index contributed by atoms with van der Waals surface area (Å²) in [5, 5.41) is 3.61. The van der Waals surface area contributed by atoms with E-state index < -0.39 is 0 Å². The molecule has 140 valence electrons. The van der Waals surface area contributed by atoms with Crippen molar-refractivity contribution in [2.24, 2.45) is 0 Å². The van der Waals surface area contributed by atoms with Gasteiger partial charge in [-0.15, -0.1) is 0 Å². The molecule has 0 unspecified atom stereocenters. The molecular weight excluding hydrogens is 328 g/mol. The molecule has 5 nitrogen and oxygen atoms in total. The number of hydrogen-bond donors (Lipinski definition) is 1. The summed E-state index contributed by atoms with van der Waals surface area (Å²) in [5.41, 5.74) is 2.36. The molecule has 1 fully saturated rings. The Balaban J connectivity index is 1.59. The average molecular weight is 356 g/mol. The average Bonchev–Trinajstić information content (AvgIpc) is 2.69. The second-order valence-electron chi connectivity index (χ2n) is 6.60. The largest absolute Gasteiger partial charge is 0.494 e. The highest BCUT2D eigenvalue weighted by Crippen LogP contribution is 2.37. The van der Waals surface area contributed by atoms with Gasteiger partial charge in [0.25, 0.3) is 5.88 Å². The molecule has 1 aliphatic rings. The summed E-state index contributed by atoms with van der Waals surface area (Å²) in [6.07, 6.45) is 6.36. The van der Waals surface area contributed by atoms with Gasteiger partial charge in [0, 0.05) is 12.2 Å². The van der Waals surface area contributed by atoms with Crippen LogP contribution in [0.15, 0.2) is 36.5 Å². The number of ether oxygens (including phenoxy) is 3. The number of benzene rings is 1. The van der Waals surface area contributed by atoms with Gasteiger partial charge in [-0.1, -0.05) is 12.1 Å². The molecule has 3 rings (SSSR count). The summed E-state index contributed by atoms with van der Waals surface area (Å²) in [4.78, 5) is 4.20. The van der Waals surface area contributed by atoms with E-state index in [9.17, 15) is 0 Å². The van der Waals surface area contributed by atoms with Crippen molar-refractivity contribution in [2.45, 2.75) is 44.6 Å². The van der Waals surface area contributed by atoms with Crippen molar-refractivity contribution in [2.75, 3.05) is 26.1 Å². The molecule has 5 heteroatoms. The van der Waals surface area contributed by atoms with Crippen LogP contribution in [0.1, 0.15) is 44.1 Å². The van der Waals surface area contributed by atoms with Gasteiger partial charge in [0.2, 0.25) is 5.75 Å². The lowest BCUT2D eigenvalue weighted by Crippen LogP contribution is -2.25. The summed E-state index contributed by atoms with van der Waals surface area (Å²) in [7, 11) is 3.25. The second-order valence-corrected chi connectivity index (χ2v) is 6.60. The summed E-state index contributed by atoms with van der Waals surface area (Å²) < 4.78 is 16.3. The van der Waals surface area contributed by atoms with Crippen molar-refractivity contribution in [1.29, 1.82) is 0 Å². The maximum absolute atomic E-state index is 5.54. The highest BCUT2D eigenvalue weighted by Gasteiger charge is 2.23. The van der Waals surface area contributed by atoms with Crippen LogP contribution in [-0.2, 0) is 0 Å². The van der Waals surface area contributed by atoms with Crippen LogP contribution in [0.3, 0.4) is 0 Å². The normalized spacial score (nSPS) is 19.7. The smallest absolute Gasteiger partial charge is 0.258 e. The Labute approximate surface area is 155 Å². The van der Waals surface area contributed by atoms with Crippen LogP contribution in [0, 0.1) is 0 Å². The van der Waals surface area contributed by atoms with Crippen LogP contribution in [0.4, 0.5) is 5.69 Å². The molecule has 0 spiro atoms. The maximum atomic E-state index is 5.54. The molecular formula is C21H28N2O3. The Morgan fingerprint density at radius 2 is 1.73 bits per heavy atom. The molecule has 26 heavy (non-hydrogen) atoms. The van der Waals surface area contributed by atoms with Gasteiger partial charge in [-0.05, 0) is 62.3 Å². The van der Waals surface area contributed by atoms with E-state index >= 15 is 0 Å². The van der Waals surface area contributed by atoms with Crippen molar-refractivity contribution in [3.05, 3.63) is 42.1 Å². The first-order chi connectivity index (χ1) is 12.7. The van der Waals surface area contributed by atoms with Gasteiger partial charge in [0.15, 0.2) is 0 Å². The molecule has 1 N–H and O–H groups in total. The van der Waals surface area contributed by atoms with E-state index in [1.807, 2.05) is 13.0 Å². The van der Waals surface area contributed by atoms with E-state index in [0.717, 1.165) is 24.3 Å². The fourth-order valence-electron chi connectivity index (χ4n) is 3.68. The second kappa shape index (κ2) is 8.79. The molecule has 0 amide bonds. The van der Waals surface area contributed by atoms with Crippen LogP contribution in [0.25, 0.3) is 0 Å². The third kappa shape index (κ3) is 4.21. The zero-order chi connectivity index (χ0) is 18.4. The molecule has 1 aromatic carbocycles. The number of rotatable bonds is 7. The summed E-state index contributed by atoms with van der Waals surface area (Å²) >= 11 is 0. The quantitative estimate of drug-likeness (QED) is 0.783. The van der Waals surface area contributed by atoms with Gasteiger partial charge >= 0.3 is 0 Å². The first-order valence-electron chi connectivity index (χ1n) is 9.31. The Morgan fingerprint density at radius 1 is 1.00 bits per heavy atom. The zero-order valence-electron chi connectivity index (χ0n) is 15.8. The van der Waals surface area contributed by atoms with Crippen molar-refractivity contribution in [1.82, 2.24) is 4.98 Å². The highest BCUT2D eigenvalue weighted by molar-refractivity contribution is 5.61. The van der Waals surface area contributed by atoms with Gasteiger partial charge < -0.3 is 19.5 Å². The molecule has 0 aliphatic heterocycles. The molecule has 1 aliphatic carbocycles. The molecule has 0 atom stereocenters. The lowest BCUT2D eigenvalue weighted by molar-refractivity contribution is 0.339. The van der Waals surface area contributed by atoms with Crippen molar-refractivity contribution < 1.29 is 14.2 Å². The van der Waals surface area contributed by atoms with Crippen molar-refractivity contribution in [3.8, 4) is 17.4 Å². The van der Waals surface area contributed by atoms with E-state index in [4.69, 9.17) is 14.2 Å². The fraction of sp³-hybridized carbons (Fsp3) is 0.476. The Kier molecular flexibility index (Phi) is 6.21. The Hall–Kier alpha value is -2.43. The van der Waals surface area contributed by atoms with Crippen LogP contribution >= 0.6 is 0 Å². The molecule has 2 aromatic rings. The number of anilines is 1. The van der Waals surface area contributed by atoms with Crippen molar-refractivity contribution >= 4 is 5.69 Å². The van der Waals surface area contributed by atoms with Crippen LogP contribution in [0.5, 0.6) is 17.4 Å². The molecule has 1 aromatic heterocycles. The van der Waals surface area contributed by atoms with E-state index in [1.165, 1.54) is 18.4 Å². The number of aromatic nitrogens is 1. The third-order valence-corrected chi connectivity index (χ3v) is 5.02. The van der Waals surface area contributed by atoms with E-state index in [0.29, 0.717) is 30.2 Å². The van der Waals surface area contributed by atoms with Crippen LogP contribution in [0.2, 0.25) is 0 Å². The lowest BCUT2D eigenvalue weighted by Gasteiger charge is -2.30. The summed E-state index contributed by atoms with van der Waals surface area (Å²) in [6.45, 7) is 2.72. The van der Waals surface area contributed by atoms with Crippen LogP contribution in [-0.4, -0.2) is 31.9 Å². The van der Waals surface area contributed by atoms with Gasteiger partial charge in [0.05, 0.1) is 26.5 Å². The first kappa shape index (κ1) is 18.4. The standard InChI is InChI=1S/C21H28N2O3/c1-4-26-18-11-7-16(8-12-18)15-5-9-17(10-6-15)23-19-13-14-22-21(25-3)20(19)24-2/h7-8,11-15,17H,4-6,9-10H2,1-3H3,(H,22,23)/t15-,17+. The highest BCUT2D eigenvalue weighted by atomic mass is 16.5. The monoisotopic (exact) mass is 356 g/mol. The van der Waals surface area contributed by atoms with Gasteiger partial charge in [-0.3, -0.25) is 0 Å². The molecule has 1 saturated carbocycles. The summed E-state index contributed by atoms with van der Waals surface area (Å²) in [6, 6.07) is 11.0. The minimum absolute atomic E-state index is 0.440. The SMILES string of the molecule is CCOc1ccc([C@H]2CC[C@@H](Nc3ccnc(OC)c3OC)CC2)cc1. The minimum Gasteiger partial charge on any atom is -0.494 e. The van der Waals surface area contributed by atoms with E-state index in [-0.39, 0.29) is 0 Å².